The molecule has 0 amide bonds. The predicted octanol–water partition coefficient (Wildman–Crippen LogP) is 6.91. The molecule has 4 aromatic carbocycles. The second kappa shape index (κ2) is 12.1. The molecule has 0 unspecified atom stereocenters. The lowest BCUT2D eigenvalue weighted by molar-refractivity contribution is -0.135. The maximum atomic E-state index is 12.5. The van der Waals surface area contributed by atoms with Crippen molar-refractivity contribution in [2.24, 2.45) is 0 Å². The summed E-state index contributed by atoms with van der Waals surface area (Å²) in [6, 6.07) is 26.9. The normalized spacial score (nSPS) is 11.9. The van der Waals surface area contributed by atoms with Crippen molar-refractivity contribution in [3.8, 4) is 34.1 Å². The Morgan fingerprint density at radius 1 is 0.575 bits per heavy atom. The molecule has 1 aliphatic carbocycles. The first-order valence-corrected chi connectivity index (χ1v) is 13.4. The topological polar surface area (TPSA) is 71.1 Å². The van der Waals surface area contributed by atoms with Crippen molar-refractivity contribution >= 4 is 11.9 Å². The Labute approximate surface area is 234 Å². The highest BCUT2D eigenvalue weighted by Crippen LogP contribution is 2.47. The van der Waals surface area contributed by atoms with Gasteiger partial charge in [0.2, 0.25) is 0 Å². The second-order valence-electron chi connectivity index (χ2n) is 9.86. The fourth-order valence-corrected chi connectivity index (χ4v) is 5.03. The van der Waals surface area contributed by atoms with Gasteiger partial charge in [-0.1, -0.05) is 43.3 Å². The van der Waals surface area contributed by atoms with Crippen LogP contribution in [0.25, 0.3) is 11.1 Å². The lowest BCUT2D eigenvalue weighted by Crippen LogP contribution is -2.09. The molecule has 0 fully saturated rings. The molecule has 0 atom stereocenters. The van der Waals surface area contributed by atoms with E-state index in [9.17, 15) is 9.59 Å². The largest absolute Gasteiger partial charge is 0.497 e. The molecule has 0 saturated carbocycles. The van der Waals surface area contributed by atoms with Crippen LogP contribution in [-0.4, -0.2) is 26.2 Å². The number of hydrogen-bond acceptors (Lipinski definition) is 6. The highest BCUT2D eigenvalue weighted by Gasteiger charge is 2.27. The van der Waals surface area contributed by atoms with E-state index < -0.39 is 0 Å². The number of carbonyl (C=O) groups is 2. The summed E-state index contributed by atoms with van der Waals surface area (Å²) in [7, 11) is 3.26. The number of ether oxygens (including phenoxy) is 4. The van der Waals surface area contributed by atoms with E-state index in [1.165, 1.54) is 0 Å². The van der Waals surface area contributed by atoms with E-state index in [0.29, 0.717) is 24.3 Å². The van der Waals surface area contributed by atoms with Gasteiger partial charge in [-0.2, -0.15) is 0 Å². The summed E-state index contributed by atoms with van der Waals surface area (Å²) in [6.45, 7) is 2.11. The van der Waals surface area contributed by atoms with Crippen molar-refractivity contribution in [2.45, 2.75) is 38.5 Å². The Morgan fingerprint density at radius 3 is 1.32 bits per heavy atom. The summed E-state index contributed by atoms with van der Waals surface area (Å²) in [5.41, 5.74) is 6.45. The van der Waals surface area contributed by atoms with Gasteiger partial charge in [-0.25, -0.2) is 0 Å². The molecule has 1 aliphatic rings. The minimum atomic E-state index is -0.275. The van der Waals surface area contributed by atoms with Crippen LogP contribution in [0.15, 0.2) is 84.9 Å². The fraction of sp³-hybridized carbons (Fsp3) is 0.235. The molecule has 0 radical (unpaired) electrons. The lowest BCUT2D eigenvalue weighted by atomic mass is 9.99. The molecule has 6 nitrogen and oxygen atoms in total. The van der Waals surface area contributed by atoms with Gasteiger partial charge in [-0.05, 0) is 94.8 Å². The lowest BCUT2D eigenvalue weighted by Gasteiger charge is -2.10. The summed E-state index contributed by atoms with van der Waals surface area (Å²) >= 11 is 0. The van der Waals surface area contributed by atoms with Crippen molar-refractivity contribution in [1.82, 2.24) is 0 Å². The minimum Gasteiger partial charge on any atom is -0.497 e. The molecule has 0 heterocycles. The zero-order valence-electron chi connectivity index (χ0n) is 22.9. The van der Waals surface area contributed by atoms with Crippen LogP contribution in [0.5, 0.6) is 23.0 Å². The van der Waals surface area contributed by atoms with E-state index in [1.54, 1.807) is 14.2 Å². The molecule has 0 aliphatic heterocycles. The first-order chi connectivity index (χ1) is 19.4. The first-order valence-electron chi connectivity index (χ1n) is 13.4. The quantitative estimate of drug-likeness (QED) is 0.162. The molecule has 40 heavy (non-hydrogen) atoms. The molecule has 0 saturated heterocycles. The van der Waals surface area contributed by atoms with E-state index in [1.807, 2.05) is 84.9 Å². The predicted molar refractivity (Wildman–Crippen MR) is 153 cm³/mol. The van der Waals surface area contributed by atoms with Gasteiger partial charge in [0.25, 0.3) is 0 Å². The molecular weight excluding hydrogens is 504 g/mol. The average Bonchev–Trinajstić information content (AvgIpc) is 3.26. The number of methoxy groups -OCH3 is 2. The number of esters is 2. The van der Waals surface area contributed by atoms with Crippen molar-refractivity contribution in [3.05, 3.63) is 107 Å². The minimum absolute atomic E-state index is 0.0703. The van der Waals surface area contributed by atoms with E-state index in [-0.39, 0.29) is 30.7 Å². The summed E-state index contributed by atoms with van der Waals surface area (Å²) in [5.74, 6) is 2.15. The van der Waals surface area contributed by atoms with Gasteiger partial charge < -0.3 is 18.9 Å². The van der Waals surface area contributed by atoms with Crippen LogP contribution in [0.2, 0.25) is 0 Å². The van der Waals surface area contributed by atoms with Crippen LogP contribution in [0.1, 0.15) is 47.9 Å². The third kappa shape index (κ3) is 6.18. The van der Waals surface area contributed by atoms with Crippen LogP contribution >= 0.6 is 0 Å². The van der Waals surface area contributed by atoms with Crippen molar-refractivity contribution in [2.75, 3.05) is 14.2 Å². The highest BCUT2D eigenvalue weighted by molar-refractivity contribution is 5.81. The Kier molecular flexibility index (Phi) is 8.15. The Balaban J connectivity index is 1.18. The molecule has 0 spiro atoms. The van der Waals surface area contributed by atoms with Crippen molar-refractivity contribution < 1.29 is 28.5 Å². The third-order valence-electron chi connectivity index (χ3n) is 7.29. The third-order valence-corrected chi connectivity index (χ3v) is 7.29. The Bertz CT molecular complexity index is 1390. The number of fused-ring (bicyclic) bond motifs is 3. The van der Waals surface area contributed by atoms with Crippen LogP contribution in [-0.2, 0) is 22.4 Å². The maximum Gasteiger partial charge on any atom is 0.311 e. The monoisotopic (exact) mass is 536 g/mol. The number of benzene rings is 4. The van der Waals surface area contributed by atoms with Crippen molar-refractivity contribution in [3.63, 3.8) is 0 Å². The number of hydrogen-bond donors (Lipinski definition) is 0. The first kappa shape index (κ1) is 27.0. The number of aryl methyl sites for hydroxylation is 2. The standard InChI is InChI=1S/C34H32O6/c1-22-31-20-27(39-33(35)18-8-23-4-10-25(37-2)11-5-23)14-16-29(31)30-17-15-28(21-32(22)30)40-34(36)19-9-24-6-12-26(38-3)13-7-24/h4-7,10-17,20-22H,8-9,18-19H2,1-3H3. The molecule has 0 N–H and O–H groups in total. The van der Waals surface area contributed by atoms with E-state index >= 15 is 0 Å². The summed E-state index contributed by atoms with van der Waals surface area (Å²) in [4.78, 5) is 25.1. The van der Waals surface area contributed by atoms with Gasteiger partial charge in [0, 0.05) is 18.8 Å². The van der Waals surface area contributed by atoms with Crippen LogP contribution in [0, 0.1) is 0 Å². The zero-order chi connectivity index (χ0) is 28.1. The van der Waals surface area contributed by atoms with Gasteiger partial charge in [0.15, 0.2) is 0 Å². The van der Waals surface area contributed by atoms with Crippen LogP contribution in [0.4, 0.5) is 0 Å². The van der Waals surface area contributed by atoms with Crippen LogP contribution in [0.3, 0.4) is 0 Å². The SMILES string of the molecule is COc1ccc(CCC(=O)Oc2ccc3c(c2)C(C)c2cc(OC(=O)CCc4ccc(OC)cc4)ccc2-3)cc1. The zero-order valence-corrected chi connectivity index (χ0v) is 22.9. The van der Waals surface area contributed by atoms with E-state index in [0.717, 1.165) is 44.9 Å². The summed E-state index contributed by atoms with van der Waals surface area (Å²) < 4.78 is 21.7. The van der Waals surface area contributed by atoms with Gasteiger partial charge in [-0.3, -0.25) is 9.59 Å². The van der Waals surface area contributed by atoms with Crippen LogP contribution < -0.4 is 18.9 Å². The smallest absolute Gasteiger partial charge is 0.311 e. The second-order valence-corrected chi connectivity index (χ2v) is 9.86. The number of carbonyl (C=O) groups excluding carboxylic acids is 2. The molecule has 6 heteroatoms. The molecule has 204 valence electrons. The van der Waals surface area contributed by atoms with Crippen molar-refractivity contribution in [1.29, 1.82) is 0 Å². The summed E-state index contributed by atoms with van der Waals surface area (Å²) in [6.07, 6.45) is 1.76. The van der Waals surface area contributed by atoms with E-state index in [4.69, 9.17) is 18.9 Å². The maximum absolute atomic E-state index is 12.5. The average molecular weight is 537 g/mol. The molecule has 5 rings (SSSR count). The van der Waals surface area contributed by atoms with Gasteiger partial charge in [0.1, 0.15) is 23.0 Å². The molecule has 0 aromatic heterocycles. The van der Waals surface area contributed by atoms with E-state index in [2.05, 4.69) is 6.92 Å². The van der Waals surface area contributed by atoms with Gasteiger partial charge in [0.05, 0.1) is 14.2 Å². The Morgan fingerprint density at radius 2 is 0.950 bits per heavy atom. The Hall–Kier alpha value is -4.58. The number of rotatable bonds is 10. The molecule has 0 bridgehead atoms. The summed E-state index contributed by atoms with van der Waals surface area (Å²) in [5, 5.41) is 0. The van der Waals surface area contributed by atoms with Gasteiger partial charge in [-0.15, -0.1) is 0 Å². The highest BCUT2D eigenvalue weighted by atomic mass is 16.5. The van der Waals surface area contributed by atoms with Gasteiger partial charge >= 0.3 is 11.9 Å². The fourth-order valence-electron chi connectivity index (χ4n) is 5.03. The molecular formula is C34H32O6. The molecule has 4 aromatic rings.